The molecule has 1 amide bonds. The molecule has 2 aliphatic heterocycles. The Labute approximate surface area is 149 Å². The maximum absolute atomic E-state index is 13.3. The molecule has 0 bridgehead atoms. The summed E-state index contributed by atoms with van der Waals surface area (Å²) in [6.07, 6.45) is 2.22. The van der Waals surface area contributed by atoms with E-state index in [-0.39, 0.29) is 31.8 Å². The number of alkyl halides is 2. The predicted octanol–water partition coefficient (Wildman–Crippen LogP) is 1.50. The number of anilines is 1. The number of aryl methyl sites for hydroxylation is 1. The van der Waals surface area contributed by atoms with Crippen LogP contribution in [0, 0.1) is 6.92 Å². The van der Waals surface area contributed by atoms with E-state index in [0.717, 1.165) is 17.0 Å². The highest BCUT2D eigenvalue weighted by molar-refractivity contribution is 5.82. The molecular formula is C17H21F2N5O2. The number of fused-ring (bicyclic) bond motifs is 1. The minimum absolute atomic E-state index is 0.0708. The lowest BCUT2D eigenvalue weighted by Crippen LogP contribution is -2.53. The van der Waals surface area contributed by atoms with E-state index in [0.29, 0.717) is 19.7 Å². The highest BCUT2D eigenvalue weighted by atomic mass is 19.3. The van der Waals surface area contributed by atoms with Crippen molar-refractivity contribution >= 4 is 17.2 Å². The second-order valence-corrected chi connectivity index (χ2v) is 6.85. The quantitative estimate of drug-likeness (QED) is 0.807. The third-order valence-corrected chi connectivity index (χ3v) is 4.94. The van der Waals surface area contributed by atoms with E-state index in [1.165, 1.54) is 4.90 Å². The van der Waals surface area contributed by atoms with Gasteiger partial charge < -0.3 is 14.5 Å². The molecule has 0 N–H and O–H groups in total. The Morgan fingerprint density at radius 1 is 1.31 bits per heavy atom. The first kappa shape index (κ1) is 17.1. The van der Waals surface area contributed by atoms with Gasteiger partial charge in [0.05, 0.1) is 18.8 Å². The summed E-state index contributed by atoms with van der Waals surface area (Å²) in [6.45, 7) is 3.40. The van der Waals surface area contributed by atoms with Crippen molar-refractivity contribution in [2.24, 2.45) is 0 Å². The smallest absolute Gasteiger partial charge is 0.253 e. The van der Waals surface area contributed by atoms with E-state index in [1.807, 2.05) is 17.9 Å². The van der Waals surface area contributed by atoms with Crippen molar-refractivity contribution in [2.45, 2.75) is 31.8 Å². The third kappa shape index (κ3) is 3.23. The average molecular weight is 365 g/mol. The predicted molar refractivity (Wildman–Crippen MR) is 90.4 cm³/mol. The maximum Gasteiger partial charge on any atom is 0.253 e. The molecule has 9 heteroatoms. The Balaban J connectivity index is 1.50. The molecule has 0 aliphatic carbocycles. The molecule has 4 rings (SSSR count). The van der Waals surface area contributed by atoms with Crippen LogP contribution in [0.3, 0.4) is 0 Å². The largest absolute Gasteiger partial charge is 0.365 e. The van der Waals surface area contributed by atoms with Crippen LogP contribution in [0.5, 0.6) is 0 Å². The van der Waals surface area contributed by atoms with Crippen LogP contribution < -0.4 is 4.90 Å². The molecule has 2 aromatic heterocycles. The number of ether oxygens (including phenoxy) is 1. The zero-order valence-corrected chi connectivity index (χ0v) is 14.6. The second-order valence-electron chi connectivity index (χ2n) is 6.85. The van der Waals surface area contributed by atoms with Gasteiger partial charge in [-0.2, -0.15) is 5.10 Å². The standard InChI is InChI=1S/C17H21F2N5O2/c1-12-10-13-15(20-4-7-24(13)21-12)23-8-9-26-14(11-23)16(25)22-5-2-17(18,19)3-6-22/h4,7,10,14H,2-3,5-6,8-9,11H2,1H3. The van der Waals surface area contributed by atoms with Gasteiger partial charge in [-0.05, 0) is 13.0 Å². The summed E-state index contributed by atoms with van der Waals surface area (Å²) in [6, 6.07) is 1.95. The number of aromatic nitrogens is 3. The van der Waals surface area contributed by atoms with Gasteiger partial charge in [0.25, 0.3) is 11.8 Å². The summed E-state index contributed by atoms with van der Waals surface area (Å²) in [5.74, 6) is -2.14. The number of piperidine rings is 1. The highest BCUT2D eigenvalue weighted by Crippen LogP contribution is 2.29. The summed E-state index contributed by atoms with van der Waals surface area (Å²) in [5.41, 5.74) is 1.75. The maximum atomic E-state index is 13.3. The Bertz CT molecular complexity index is 815. The number of halogens is 2. The normalized spacial score (nSPS) is 23.4. The van der Waals surface area contributed by atoms with Crippen LogP contribution >= 0.6 is 0 Å². The number of likely N-dealkylation sites (tertiary alicyclic amines) is 1. The molecule has 0 saturated carbocycles. The SMILES string of the molecule is Cc1cc2c(N3CCOC(C(=O)N4CCC(F)(F)CC4)C3)nccn2n1. The molecular weight excluding hydrogens is 344 g/mol. The minimum atomic E-state index is -2.67. The number of morpholine rings is 1. The molecule has 2 aromatic rings. The van der Waals surface area contributed by atoms with Crippen molar-refractivity contribution in [1.29, 1.82) is 0 Å². The van der Waals surface area contributed by atoms with Crippen molar-refractivity contribution in [3.8, 4) is 0 Å². The van der Waals surface area contributed by atoms with E-state index in [2.05, 4.69) is 10.1 Å². The van der Waals surface area contributed by atoms with Crippen LogP contribution in [0.2, 0.25) is 0 Å². The Morgan fingerprint density at radius 3 is 2.85 bits per heavy atom. The molecule has 2 fully saturated rings. The number of rotatable bonds is 2. The third-order valence-electron chi connectivity index (χ3n) is 4.94. The minimum Gasteiger partial charge on any atom is -0.365 e. The summed E-state index contributed by atoms with van der Waals surface area (Å²) >= 11 is 0. The fourth-order valence-corrected chi connectivity index (χ4v) is 3.52. The lowest BCUT2D eigenvalue weighted by atomic mass is 10.1. The molecule has 2 saturated heterocycles. The Morgan fingerprint density at radius 2 is 2.08 bits per heavy atom. The first-order valence-corrected chi connectivity index (χ1v) is 8.77. The molecule has 0 aromatic carbocycles. The van der Waals surface area contributed by atoms with E-state index in [4.69, 9.17) is 4.74 Å². The molecule has 1 unspecified atom stereocenters. The number of carbonyl (C=O) groups is 1. The van der Waals surface area contributed by atoms with Crippen LogP contribution in [0.15, 0.2) is 18.5 Å². The zero-order valence-electron chi connectivity index (χ0n) is 14.6. The Hall–Kier alpha value is -2.29. The Kier molecular flexibility index (Phi) is 4.26. The van der Waals surface area contributed by atoms with E-state index >= 15 is 0 Å². The van der Waals surface area contributed by atoms with E-state index in [9.17, 15) is 13.6 Å². The van der Waals surface area contributed by atoms with Crippen molar-refractivity contribution < 1.29 is 18.3 Å². The van der Waals surface area contributed by atoms with Crippen LogP contribution in [0.25, 0.3) is 5.52 Å². The van der Waals surface area contributed by atoms with Gasteiger partial charge in [0.2, 0.25) is 0 Å². The van der Waals surface area contributed by atoms with Gasteiger partial charge in [-0.25, -0.2) is 18.3 Å². The average Bonchev–Trinajstić information content (AvgIpc) is 3.01. The van der Waals surface area contributed by atoms with E-state index in [1.54, 1.807) is 16.9 Å². The molecule has 0 radical (unpaired) electrons. The molecule has 26 heavy (non-hydrogen) atoms. The van der Waals surface area contributed by atoms with E-state index < -0.39 is 12.0 Å². The summed E-state index contributed by atoms with van der Waals surface area (Å²) < 4.78 is 34.1. The number of nitrogens with zero attached hydrogens (tertiary/aromatic N) is 5. The molecule has 7 nitrogen and oxygen atoms in total. The molecule has 4 heterocycles. The number of hydrogen-bond acceptors (Lipinski definition) is 5. The number of carbonyl (C=O) groups excluding carboxylic acids is 1. The number of hydrogen-bond donors (Lipinski definition) is 0. The lowest BCUT2D eigenvalue weighted by molar-refractivity contribution is -0.150. The molecule has 140 valence electrons. The summed E-state index contributed by atoms with van der Waals surface area (Å²) in [7, 11) is 0. The van der Waals surface area contributed by atoms with Crippen LogP contribution in [0.4, 0.5) is 14.6 Å². The fraction of sp³-hybridized carbons (Fsp3) is 0.588. The van der Waals surface area contributed by atoms with Crippen LogP contribution in [-0.4, -0.2) is 70.2 Å². The van der Waals surface area contributed by atoms with Crippen molar-refractivity contribution in [2.75, 3.05) is 37.7 Å². The van der Waals surface area contributed by atoms with Gasteiger partial charge in [0.1, 0.15) is 5.52 Å². The van der Waals surface area contributed by atoms with Gasteiger partial charge >= 0.3 is 0 Å². The van der Waals surface area contributed by atoms with Gasteiger partial charge in [0, 0.05) is 44.9 Å². The van der Waals surface area contributed by atoms with Gasteiger partial charge in [-0.1, -0.05) is 0 Å². The van der Waals surface area contributed by atoms with Crippen LogP contribution in [-0.2, 0) is 9.53 Å². The van der Waals surface area contributed by atoms with Crippen LogP contribution in [0.1, 0.15) is 18.5 Å². The molecule has 2 aliphatic rings. The van der Waals surface area contributed by atoms with Gasteiger partial charge in [0.15, 0.2) is 11.9 Å². The first-order chi connectivity index (χ1) is 12.4. The lowest BCUT2D eigenvalue weighted by Gasteiger charge is -2.38. The first-order valence-electron chi connectivity index (χ1n) is 8.77. The van der Waals surface area contributed by atoms with Gasteiger partial charge in [-0.15, -0.1) is 0 Å². The topological polar surface area (TPSA) is 63.0 Å². The highest BCUT2D eigenvalue weighted by Gasteiger charge is 2.38. The van der Waals surface area contributed by atoms with Crippen molar-refractivity contribution in [1.82, 2.24) is 19.5 Å². The van der Waals surface area contributed by atoms with Gasteiger partial charge in [-0.3, -0.25) is 4.79 Å². The second kappa shape index (κ2) is 6.46. The summed E-state index contributed by atoms with van der Waals surface area (Å²) in [4.78, 5) is 20.6. The summed E-state index contributed by atoms with van der Waals surface area (Å²) in [5, 5.41) is 4.38. The van der Waals surface area contributed by atoms with Crippen molar-refractivity contribution in [3.05, 3.63) is 24.2 Å². The fourth-order valence-electron chi connectivity index (χ4n) is 3.52. The number of amides is 1. The van der Waals surface area contributed by atoms with Crippen molar-refractivity contribution in [3.63, 3.8) is 0 Å². The monoisotopic (exact) mass is 365 g/mol. The zero-order chi connectivity index (χ0) is 18.3. The molecule has 1 atom stereocenters. The molecule has 0 spiro atoms.